The number of benzene rings is 1. The van der Waals surface area contributed by atoms with Crippen molar-refractivity contribution in [3.63, 3.8) is 0 Å². The first-order valence-electron chi connectivity index (χ1n) is 5.31. The maximum atomic E-state index is 11.0. The summed E-state index contributed by atoms with van der Waals surface area (Å²) in [6, 6.07) is 3.12. The van der Waals surface area contributed by atoms with Gasteiger partial charge >= 0.3 is 0 Å². The highest BCUT2D eigenvalue weighted by Crippen LogP contribution is 2.33. The van der Waals surface area contributed by atoms with Crippen LogP contribution in [0.1, 0.15) is 25.8 Å². The zero-order chi connectivity index (χ0) is 13.9. The Morgan fingerprint density at radius 1 is 1.33 bits per heavy atom. The molecule has 0 bridgehead atoms. The molecule has 0 radical (unpaired) electrons. The molecule has 0 heterocycles. The summed E-state index contributed by atoms with van der Waals surface area (Å²) in [5.41, 5.74) is 0.453. The summed E-state index contributed by atoms with van der Waals surface area (Å²) >= 11 is 17.8. The van der Waals surface area contributed by atoms with E-state index in [4.69, 9.17) is 34.8 Å². The maximum absolute atomic E-state index is 11.0. The van der Waals surface area contributed by atoms with E-state index in [1.54, 1.807) is 12.1 Å². The van der Waals surface area contributed by atoms with E-state index in [0.29, 0.717) is 22.0 Å². The van der Waals surface area contributed by atoms with Crippen LogP contribution in [0.25, 0.3) is 6.08 Å². The molecule has 6 heteroatoms. The minimum absolute atomic E-state index is 0.0658. The predicted molar refractivity (Wildman–Crippen MR) is 75.9 cm³/mol. The largest absolute Gasteiger partial charge is 0.259 e. The van der Waals surface area contributed by atoms with Crippen LogP contribution in [0.5, 0.6) is 0 Å². The Labute approximate surface area is 120 Å². The molecule has 1 rings (SSSR count). The van der Waals surface area contributed by atoms with Crippen LogP contribution in [0.15, 0.2) is 17.8 Å². The molecular weight excluding hydrogens is 296 g/mol. The van der Waals surface area contributed by atoms with E-state index >= 15 is 0 Å². The van der Waals surface area contributed by atoms with Gasteiger partial charge < -0.3 is 0 Å². The van der Waals surface area contributed by atoms with Crippen LogP contribution in [0.4, 0.5) is 0 Å². The lowest BCUT2D eigenvalue weighted by Gasteiger charge is -2.06. The normalized spacial score (nSPS) is 12.0. The Hall–Kier alpha value is -0.770. The number of hydrogen-bond acceptors (Lipinski definition) is 2. The molecule has 0 saturated heterocycles. The zero-order valence-electron chi connectivity index (χ0n) is 9.91. The van der Waals surface area contributed by atoms with Crippen molar-refractivity contribution in [2.24, 2.45) is 5.92 Å². The summed E-state index contributed by atoms with van der Waals surface area (Å²) in [5, 5.41) is 11.9. The third-order valence-corrected chi connectivity index (χ3v) is 3.39. The summed E-state index contributed by atoms with van der Waals surface area (Å²) < 4.78 is 0. The van der Waals surface area contributed by atoms with Gasteiger partial charge in [-0.1, -0.05) is 48.7 Å². The molecule has 0 aromatic heterocycles. The summed E-state index contributed by atoms with van der Waals surface area (Å²) in [4.78, 5) is 10.5. The highest BCUT2D eigenvalue weighted by atomic mass is 35.5. The molecular formula is C12H12Cl3NO2. The fourth-order valence-corrected chi connectivity index (χ4v) is 2.09. The molecule has 0 spiro atoms. The van der Waals surface area contributed by atoms with Crippen molar-refractivity contribution in [1.29, 1.82) is 0 Å². The molecule has 0 aliphatic carbocycles. The fourth-order valence-electron chi connectivity index (χ4n) is 1.45. The van der Waals surface area contributed by atoms with Crippen molar-refractivity contribution in [1.82, 2.24) is 0 Å². The Bertz CT molecular complexity index is 498. The first-order valence-corrected chi connectivity index (χ1v) is 6.44. The number of nitrogens with zero attached hydrogens (tertiary/aromatic N) is 1. The fraction of sp³-hybridized carbons (Fsp3) is 0.333. The first kappa shape index (κ1) is 15.3. The minimum atomic E-state index is -0.423. The third kappa shape index (κ3) is 3.87. The molecule has 0 saturated carbocycles. The van der Waals surface area contributed by atoms with Gasteiger partial charge in [-0.3, -0.25) is 10.1 Å². The number of nitro groups is 1. The van der Waals surface area contributed by atoms with E-state index in [-0.39, 0.29) is 16.6 Å². The lowest BCUT2D eigenvalue weighted by molar-refractivity contribution is -0.427. The summed E-state index contributed by atoms with van der Waals surface area (Å²) in [7, 11) is 0. The van der Waals surface area contributed by atoms with Crippen LogP contribution in [0.2, 0.25) is 15.1 Å². The Kier molecular flexibility index (Phi) is 5.45. The van der Waals surface area contributed by atoms with Gasteiger partial charge in [0.2, 0.25) is 5.70 Å². The highest BCUT2D eigenvalue weighted by molar-refractivity contribution is 6.44. The Balaban J connectivity index is 3.28. The van der Waals surface area contributed by atoms with Gasteiger partial charge in [0.15, 0.2) is 0 Å². The van der Waals surface area contributed by atoms with E-state index in [2.05, 4.69) is 0 Å². The molecule has 3 nitrogen and oxygen atoms in total. The van der Waals surface area contributed by atoms with Crippen molar-refractivity contribution < 1.29 is 4.92 Å². The molecule has 0 amide bonds. The lowest BCUT2D eigenvalue weighted by Crippen LogP contribution is -2.02. The van der Waals surface area contributed by atoms with Crippen LogP contribution in [-0.4, -0.2) is 4.92 Å². The van der Waals surface area contributed by atoms with E-state index in [1.165, 1.54) is 6.08 Å². The average molecular weight is 309 g/mol. The predicted octanol–water partition coefficient (Wildman–Crippen LogP) is 5.31. The van der Waals surface area contributed by atoms with Gasteiger partial charge in [-0.2, -0.15) is 0 Å². The number of halogens is 3. The second-order valence-electron chi connectivity index (χ2n) is 4.25. The SMILES string of the molecule is CC(C)CC(=Cc1c(Cl)ccc(Cl)c1Cl)[N+](=O)[O-]. The molecule has 1 aromatic rings. The van der Waals surface area contributed by atoms with Crippen molar-refractivity contribution in [3.8, 4) is 0 Å². The summed E-state index contributed by atoms with van der Waals surface area (Å²) in [5.74, 6) is 0.165. The molecule has 0 aliphatic heterocycles. The highest BCUT2D eigenvalue weighted by Gasteiger charge is 2.16. The average Bonchev–Trinajstić information content (AvgIpc) is 2.27. The van der Waals surface area contributed by atoms with Crippen LogP contribution in [-0.2, 0) is 0 Å². The van der Waals surface area contributed by atoms with E-state index < -0.39 is 4.92 Å². The standard InChI is InChI=1S/C12H12Cl3NO2/c1-7(2)5-8(16(17)18)6-9-10(13)3-4-11(14)12(9)15/h3-4,6-7H,5H2,1-2H3. The van der Waals surface area contributed by atoms with Gasteiger partial charge in [-0.25, -0.2) is 0 Å². The first-order chi connectivity index (χ1) is 8.32. The molecule has 0 fully saturated rings. The van der Waals surface area contributed by atoms with Crippen LogP contribution in [0.3, 0.4) is 0 Å². The second-order valence-corrected chi connectivity index (χ2v) is 5.44. The number of allylic oxidation sites excluding steroid dienone is 1. The third-order valence-electron chi connectivity index (χ3n) is 2.24. The lowest BCUT2D eigenvalue weighted by atomic mass is 10.1. The van der Waals surface area contributed by atoms with Gasteiger partial charge in [0, 0.05) is 23.1 Å². The number of hydrogen-bond donors (Lipinski definition) is 0. The van der Waals surface area contributed by atoms with Gasteiger partial charge in [-0.15, -0.1) is 0 Å². The quantitative estimate of drug-likeness (QED) is 0.430. The molecule has 98 valence electrons. The van der Waals surface area contributed by atoms with E-state index in [9.17, 15) is 10.1 Å². The smallest absolute Gasteiger partial charge is 0.247 e. The van der Waals surface area contributed by atoms with Crippen molar-refractivity contribution in [2.75, 3.05) is 0 Å². The monoisotopic (exact) mass is 307 g/mol. The van der Waals surface area contributed by atoms with Crippen LogP contribution in [0, 0.1) is 16.0 Å². The molecule has 18 heavy (non-hydrogen) atoms. The molecule has 0 atom stereocenters. The van der Waals surface area contributed by atoms with Gasteiger partial charge in [-0.05, 0) is 18.1 Å². The molecule has 0 aliphatic rings. The second kappa shape index (κ2) is 6.41. The minimum Gasteiger partial charge on any atom is -0.259 e. The van der Waals surface area contributed by atoms with Crippen molar-refractivity contribution in [2.45, 2.75) is 20.3 Å². The Morgan fingerprint density at radius 2 is 1.89 bits per heavy atom. The van der Waals surface area contributed by atoms with Crippen molar-refractivity contribution >= 4 is 40.9 Å². The topological polar surface area (TPSA) is 43.1 Å². The number of rotatable bonds is 4. The summed E-state index contributed by atoms with van der Waals surface area (Å²) in [6.45, 7) is 3.80. The van der Waals surface area contributed by atoms with E-state index in [0.717, 1.165) is 0 Å². The van der Waals surface area contributed by atoms with E-state index in [1.807, 2.05) is 13.8 Å². The summed E-state index contributed by atoms with van der Waals surface area (Å²) in [6.07, 6.45) is 1.72. The van der Waals surface area contributed by atoms with Crippen LogP contribution >= 0.6 is 34.8 Å². The zero-order valence-corrected chi connectivity index (χ0v) is 12.2. The maximum Gasteiger partial charge on any atom is 0.247 e. The van der Waals surface area contributed by atoms with Crippen LogP contribution < -0.4 is 0 Å². The molecule has 1 aromatic carbocycles. The molecule has 0 N–H and O–H groups in total. The Morgan fingerprint density at radius 3 is 2.39 bits per heavy atom. The van der Waals surface area contributed by atoms with Crippen molar-refractivity contribution in [3.05, 3.63) is 48.6 Å². The van der Waals surface area contributed by atoms with Gasteiger partial charge in [0.1, 0.15) is 0 Å². The van der Waals surface area contributed by atoms with Gasteiger partial charge in [0.05, 0.1) is 15.0 Å². The molecule has 0 unspecified atom stereocenters. The van der Waals surface area contributed by atoms with Gasteiger partial charge in [0.25, 0.3) is 0 Å².